The van der Waals surface area contributed by atoms with Crippen molar-refractivity contribution in [2.24, 2.45) is 5.73 Å². The average molecular weight is 466 g/mol. The lowest BCUT2D eigenvalue weighted by molar-refractivity contribution is -0.143. The molecule has 0 aliphatic heterocycles. The van der Waals surface area contributed by atoms with Gasteiger partial charge in [-0.05, 0) is 13.3 Å². The van der Waals surface area contributed by atoms with E-state index in [1.54, 1.807) is 0 Å². The van der Waals surface area contributed by atoms with Gasteiger partial charge in [-0.15, -0.1) is 0 Å². The summed E-state index contributed by atoms with van der Waals surface area (Å²) >= 11 is 3.77. The molecule has 3 amide bonds. The van der Waals surface area contributed by atoms with Crippen molar-refractivity contribution in [2.45, 2.75) is 56.5 Å². The van der Waals surface area contributed by atoms with Crippen LogP contribution < -0.4 is 21.7 Å². The van der Waals surface area contributed by atoms with Crippen LogP contribution in [0.25, 0.3) is 0 Å². The molecule has 0 fully saturated rings. The van der Waals surface area contributed by atoms with Gasteiger partial charge >= 0.3 is 17.9 Å². The highest BCUT2D eigenvalue weighted by molar-refractivity contribution is 7.80. The summed E-state index contributed by atoms with van der Waals surface area (Å²) in [6.07, 6.45) is -3.25. The summed E-state index contributed by atoms with van der Waals surface area (Å²) in [6, 6.07) is -6.17. The van der Waals surface area contributed by atoms with Gasteiger partial charge in [0.2, 0.25) is 17.7 Å². The van der Waals surface area contributed by atoms with Crippen molar-refractivity contribution >= 4 is 48.3 Å². The van der Waals surface area contributed by atoms with Gasteiger partial charge < -0.3 is 42.1 Å². The van der Waals surface area contributed by atoms with E-state index in [2.05, 4.69) is 23.3 Å². The van der Waals surface area contributed by atoms with E-state index in [4.69, 9.17) is 21.1 Å². The van der Waals surface area contributed by atoms with Crippen molar-refractivity contribution in [3.8, 4) is 0 Å². The Morgan fingerprint density at radius 2 is 1.32 bits per heavy atom. The second kappa shape index (κ2) is 13.4. The van der Waals surface area contributed by atoms with E-state index in [1.807, 2.05) is 5.32 Å². The number of carbonyl (C=O) groups is 6. The number of hydrogen-bond acceptors (Lipinski definition) is 9. The Morgan fingerprint density at radius 1 is 0.839 bits per heavy atom. The number of carboxylic acid groups (broad SMARTS) is 3. The third-order valence-corrected chi connectivity index (χ3v) is 4.28. The number of nitrogens with two attached hydrogens (primary N) is 1. The lowest BCUT2D eigenvalue weighted by Crippen LogP contribution is -2.58. The standard InChI is InChI=1S/C16H26N4O10S/c1-6(21)12(17)15(28)19-8(4-11(24)25)14(27)18-7(2-3-10(22)23)13(26)20-9(5-31)16(29)30/h6-9,12,21,31H,2-5,17H2,1H3,(H,18,27)(H,19,28)(H,20,26)(H,22,23)(H,24,25)(H,29,30). The highest BCUT2D eigenvalue weighted by atomic mass is 32.1. The number of carbonyl (C=O) groups excluding carboxylic acids is 3. The Kier molecular flexibility index (Phi) is 12.1. The molecule has 31 heavy (non-hydrogen) atoms. The van der Waals surface area contributed by atoms with Crippen LogP contribution in [0.1, 0.15) is 26.2 Å². The van der Waals surface area contributed by atoms with Crippen LogP contribution in [0.3, 0.4) is 0 Å². The van der Waals surface area contributed by atoms with Crippen LogP contribution >= 0.6 is 12.6 Å². The summed E-state index contributed by atoms with van der Waals surface area (Å²) in [7, 11) is 0. The largest absolute Gasteiger partial charge is 0.481 e. The van der Waals surface area contributed by atoms with Crippen LogP contribution in [0.5, 0.6) is 0 Å². The summed E-state index contributed by atoms with van der Waals surface area (Å²) in [4.78, 5) is 69.8. The van der Waals surface area contributed by atoms with Crippen LogP contribution in [-0.2, 0) is 28.8 Å². The second-order valence-corrected chi connectivity index (χ2v) is 6.87. The lowest BCUT2D eigenvalue weighted by Gasteiger charge is -2.24. The highest BCUT2D eigenvalue weighted by Gasteiger charge is 2.32. The molecule has 5 unspecified atom stereocenters. The molecule has 15 heteroatoms. The van der Waals surface area contributed by atoms with Gasteiger partial charge in [0.1, 0.15) is 24.2 Å². The summed E-state index contributed by atoms with van der Waals surface area (Å²) in [5, 5.41) is 42.4. The zero-order valence-electron chi connectivity index (χ0n) is 16.5. The third kappa shape index (κ3) is 10.6. The van der Waals surface area contributed by atoms with Crippen LogP contribution in [0.2, 0.25) is 0 Å². The zero-order chi connectivity index (χ0) is 24.3. The Labute approximate surface area is 182 Å². The number of hydrogen-bond donors (Lipinski definition) is 9. The predicted octanol–water partition coefficient (Wildman–Crippen LogP) is -3.50. The van der Waals surface area contributed by atoms with Crippen LogP contribution in [0, 0.1) is 0 Å². The first-order valence-corrected chi connectivity index (χ1v) is 9.55. The Hall–Kier alpha value is -2.91. The van der Waals surface area contributed by atoms with Gasteiger partial charge in [0, 0.05) is 12.2 Å². The SMILES string of the molecule is CC(O)C(N)C(=O)NC(CC(=O)O)C(=O)NC(CCC(=O)O)C(=O)NC(CS)C(=O)O. The molecule has 0 aliphatic rings. The molecule has 14 nitrogen and oxygen atoms in total. The monoisotopic (exact) mass is 466 g/mol. The molecule has 0 aromatic rings. The van der Waals surface area contributed by atoms with E-state index in [0.717, 1.165) is 0 Å². The van der Waals surface area contributed by atoms with Crippen molar-refractivity contribution in [2.75, 3.05) is 5.75 Å². The van der Waals surface area contributed by atoms with E-state index in [1.165, 1.54) is 6.92 Å². The van der Waals surface area contributed by atoms with Gasteiger partial charge in [-0.1, -0.05) is 0 Å². The first kappa shape index (κ1) is 28.1. The van der Waals surface area contributed by atoms with Crippen molar-refractivity contribution < 1.29 is 49.2 Å². The summed E-state index contributed by atoms with van der Waals surface area (Å²) in [5.41, 5.74) is 5.43. The van der Waals surface area contributed by atoms with Gasteiger partial charge in [0.05, 0.1) is 12.5 Å². The van der Waals surface area contributed by atoms with E-state index in [9.17, 15) is 33.9 Å². The Bertz CT molecular complexity index is 702. The zero-order valence-corrected chi connectivity index (χ0v) is 17.4. The number of thiol groups is 1. The predicted molar refractivity (Wildman–Crippen MR) is 106 cm³/mol. The van der Waals surface area contributed by atoms with E-state index < -0.39 is 85.2 Å². The van der Waals surface area contributed by atoms with Gasteiger partial charge in [-0.3, -0.25) is 24.0 Å². The minimum Gasteiger partial charge on any atom is -0.481 e. The van der Waals surface area contributed by atoms with Crippen molar-refractivity contribution in [1.29, 1.82) is 0 Å². The van der Waals surface area contributed by atoms with Crippen molar-refractivity contribution in [1.82, 2.24) is 16.0 Å². The molecule has 0 saturated heterocycles. The van der Waals surface area contributed by atoms with E-state index in [-0.39, 0.29) is 5.75 Å². The molecule has 0 heterocycles. The number of aliphatic hydroxyl groups excluding tert-OH is 1. The molecular formula is C16H26N4O10S. The quantitative estimate of drug-likeness (QED) is 0.114. The second-order valence-electron chi connectivity index (χ2n) is 6.50. The maximum Gasteiger partial charge on any atom is 0.327 e. The first-order chi connectivity index (χ1) is 14.3. The van der Waals surface area contributed by atoms with Crippen molar-refractivity contribution in [3.05, 3.63) is 0 Å². The van der Waals surface area contributed by atoms with Crippen LogP contribution in [-0.4, -0.2) is 92.1 Å². The number of rotatable bonds is 14. The molecule has 0 spiro atoms. The number of amides is 3. The fourth-order valence-electron chi connectivity index (χ4n) is 2.14. The fraction of sp³-hybridized carbons (Fsp3) is 0.625. The molecule has 0 rings (SSSR count). The molecule has 5 atom stereocenters. The molecule has 0 bridgehead atoms. The lowest BCUT2D eigenvalue weighted by atomic mass is 10.1. The number of nitrogens with one attached hydrogen (secondary N) is 3. The molecule has 0 saturated carbocycles. The molecule has 0 aromatic carbocycles. The van der Waals surface area contributed by atoms with Crippen LogP contribution in [0.4, 0.5) is 0 Å². The molecule has 176 valence electrons. The molecular weight excluding hydrogens is 440 g/mol. The average Bonchev–Trinajstić information content (AvgIpc) is 2.66. The summed E-state index contributed by atoms with van der Waals surface area (Å²) in [5.74, 6) is -7.75. The summed E-state index contributed by atoms with van der Waals surface area (Å²) < 4.78 is 0. The maximum atomic E-state index is 12.5. The normalized spacial score (nSPS) is 15.5. The maximum absolute atomic E-state index is 12.5. The van der Waals surface area contributed by atoms with Gasteiger partial charge in [-0.2, -0.15) is 12.6 Å². The topological polar surface area (TPSA) is 245 Å². The minimum atomic E-state index is -1.71. The minimum absolute atomic E-state index is 0.296. The van der Waals surface area contributed by atoms with E-state index in [0.29, 0.717) is 0 Å². The number of aliphatic hydroxyl groups is 1. The molecule has 9 N–H and O–H groups in total. The van der Waals surface area contributed by atoms with Gasteiger partial charge in [-0.25, -0.2) is 4.79 Å². The third-order valence-electron chi connectivity index (χ3n) is 3.91. The Balaban J connectivity index is 5.51. The van der Waals surface area contributed by atoms with Crippen molar-refractivity contribution in [3.63, 3.8) is 0 Å². The molecule has 0 aliphatic carbocycles. The van der Waals surface area contributed by atoms with Crippen LogP contribution in [0.15, 0.2) is 0 Å². The van der Waals surface area contributed by atoms with Gasteiger partial charge in [0.25, 0.3) is 0 Å². The smallest absolute Gasteiger partial charge is 0.327 e. The van der Waals surface area contributed by atoms with E-state index >= 15 is 0 Å². The first-order valence-electron chi connectivity index (χ1n) is 8.92. The summed E-state index contributed by atoms with van der Waals surface area (Å²) in [6.45, 7) is 1.20. The Morgan fingerprint density at radius 3 is 1.74 bits per heavy atom. The molecule has 0 aromatic heterocycles. The number of carboxylic acids is 3. The molecule has 0 radical (unpaired) electrons. The number of aliphatic carboxylic acids is 3. The fourth-order valence-corrected chi connectivity index (χ4v) is 2.39. The highest BCUT2D eigenvalue weighted by Crippen LogP contribution is 2.03. The van der Waals surface area contributed by atoms with Gasteiger partial charge in [0.15, 0.2) is 0 Å².